The summed E-state index contributed by atoms with van der Waals surface area (Å²) in [5, 5.41) is 35.3. The monoisotopic (exact) mass is 705 g/mol. The SMILES string of the molecule is C.C.CCCCOc1nc(N)c([N+](=O)[O-])c(=O)[nH]1.CCCCOc1nc(N)c([N+](=O)[O-])c(OS(=O)(=O)c2ccc(C)cc2)n1.O=[N+]([O-])O. The molecule has 0 amide bonds. The van der Waals surface area contributed by atoms with Crippen molar-refractivity contribution < 1.29 is 42.2 Å². The summed E-state index contributed by atoms with van der Waals surface area (Å²) in [6.45, 7) is 6.32. The van der Waals surface area contributed by atoms with Crippen molar-refractivity contribution in [3.05, 3.63) is 70.5 Å². The minimum atomic E-state index is -4.35. The summed E-state index contributed by atoms with van der Waals surface area (Å²) in [6, 6.07) is 5.38. The highest BCUT2D eigenvalue weighted by atomic mass is 32.2. The van der Waals surface area contributed by atoms with Crippen molar-refractivity contribution in [3.8, 4) is 17.9 Å². The normalized spacial score (nSPS) is 9.90. The zero-order chi connectivity index (χ0) is 35.0. The molecule has 23 heteroatoms. The summed E-state index contributed by atoms with van der Waals surface area (Å²) < 4.78 is 39.9. The third-order valence-corrected chi connectivity index (χ3v) is 6.31. The Kier molecular flexibility index (Phi) is 19.4. The largest absolute Gasteiger partial charge is 0.465 e. The summed E-state index contributed by atoms with van der Waals surface area (Å²) in [7, 11) is -4.35. The Morgan fingerprint density at radius 2 is 1.33 bits per heavy atom. The van der Waals surface area contributed by atoms with Crippen molar-refractivity contribution in [2.45, 2.75) is 66.2 Å². The fraction of sp³-hybridized carbons (Fsp3) is 0.440. The van der Waals surface area contributed by atoms with Gasteiger partial charge in [0.15, 0.2) is 0 Å². The van der Waals surface area contributed by atoms with Crippen molar-refractivity contribution in [1.82, 2.24) is 19.9 Å². The number of nitrogens with two attached hydrogens (primary N) is 2. The molecular weight excluding hydrogens is 666 g/mol. The summed E-state index contributed by atoms with van der Waals surface area (Å²) in [5.41, 5.74) is 9.15. The van der Waals surface area contributed by atoms with E-state index in [1.54, 1.807) is 19.1 Å². The van der Waals surface area contributed by atoms with Crippen LogP contribution in [0.25, 0.3) is 0 Å². The smallest absolute Gasteiger partial charge is 0.375 e. The predicted octanol–water partition coefficient (Wildman–Crippen LogP) is 3.59. The molecule has 0 aliphatic heterocycles. The van der Waals surface area contributed by atoms with E-state index in [4.69, 9.17) is 40.4 Å². The standard InChI is InChI=1S/C15H18N4O6S.C8H12N4O4.2CH4.HNO3/c1-3-4-9-24-15-17-13(16)12(19(20)21)14(18-15)25-26(22,23)11-7-5-10(2)6-8-11;1-2-3-4-16-8-10-6(9)5(12(14)15)7(13)11-8;;;2-1(3)4/h5-8H,3-4,9H2,1-2H3,(H2,16,17,18);2-4H2,1H3,(H3,9,10,11,13);2*1H4;(H,2,3,4). The molecule has 6 N–H and O–H groups in total. The van der Waals surface area contributed by atoms with E-state index in [0.29, 0.717) is 13.0 Å². The fourth-order valence-corrected chi connectivity index (χ4v) is 3.80. The van der Waals surface area contributed by atoms with Crippen LogP contribution >= 0.6 is 0 Å². The molecule has 0 saturated carbocycles. The van der Waals surface area contributed by atoms with Gasteiger partial charge in [0.1, 0.15) is 4.90 Å². The number of aromatic amines is 1. The van der Waals surface area contributed by atoms with Crippen LogP contribution in [-0.2, 0) is 10.1 Å². The summed E-state index contributed by atoms with van der Waals surface area (Å²) >= 11 is 0. The van der Waals surface area contributed by atoms with E-state index < -0.39 is 59.5 Å². The molecule has 0 spiro atoms. The van der Waals surface area contributed by atoms with E-state index in [-0.39, 0.29) is 38.4 Å². The highest BCUT2D eigenvalue weighted by Gasteiger charge is 2.30. The molecule has 0 aliphatic rings. The predicted molar refractivity (Wildman–Crippen MR) is 171 cm³/mol. The lowest BCUT2D eigenvalue weighted by molar-refractivity contribution is -0.742. The zero-order valence-electron chi connectivity index (χ0n) is 24.6. The molecule has 0 atom stereocenters. The van der Waals surface area contributed by atoms with Crippen LogP contribution in [0.15, 0.2) is 34.0 Å². The number of ether oxygens (including phenoxy) is 2. The van der Waals surface area contributed by atoms with Crippen LogP contribution in [0.4, 0.5) is 23.0 Å². The maximum atomic E-state index is 12.4. The first kappa shape index (κ1) is 44.3. The molecule has 0 fully saturated rings. The van der Waals surface area contributed by atoms with Gasteiger partial charge in [0.2, 0.25) is 11.6 Å². The van der Waals surface area contributed by atoms with Crippen molar-refractivity contribution in [2.24, 2.45) is 0 Å². The lowest BCUT2D eigenvalue weighted by Crippen LogP contribution is -2.17. The molecule has 268 valence electrons. The Labute approximate surface area is 274 Å². The number of anilines is 2. The molecule has 0 bridgehead atoms. The number of nitrogen functional groups attached to an aromatic ring is 2. The Hall–Kier alpha value is -5.87. The molecule has 2 heterocycles. The number of hydrogen-bond donors (Lipinski definition) is 4. The second kappa shape index (κ2) is 21.0. The third kappa shape index (κ3) is 14.5. The molecule has 1 aromatic carbocycles. The number of rotatable bonds is 13. The van der Waals surface area contributed by atoms with Gasteiger partial charge in [-0.3, -0.25) is 30.0 Å². The molecule has 3 rings (SSSR count). The minimum absolute atomic E-state index is 0. The highest BCUT2D eigenvalue weighted by Crippen LogP contribution is 2.33. The van der Waals surface area contributed by atoms with Crippen LogP contribution in [0.3, 0.4) is 0 Å². The molecule has 0 aliphatic carbocycles. The first-order valence-electron chi connectivity index (χ1n) is 13.0. The van der Waals surface area contributed by atoms with E-state index >= 15 is 0 Å². The second-order valence-electron chi connectivity index (χ2n) is 8.66. The Morgan fingerprint density at radius 3 is 1.79 bits per heavy atom. The number of nitro groups is 2. The zero-order valence-corrected chi connectivity index (χ0v) is 25.5. The molecule has 22 nitrogen and oxygen atoms in total. The second-order valence-corrected chi connectivity index (χ2v) is 10.2. The number of benzene rings is 1. The van der Waals surface area contributed by atoms with Crippen LogP contribution in [0.1, 0.15) is 59.9 Å². The van der Waals surface area contributed by atoms with Crippen molar-refractivity contribution >= 4 is 33.1 Å². The Morgan fingerprint density at radius 1 is 0.854 bits per heavy atom. The number of hydrogen-bond acceptors (Lipinski definition) is 17. The van der Waals surface area contributed by atoms with Gasteiger partial charge in [0.25, 0.3) is 11.1 Å². The van der Waals surface area contributed by atoms with Gasteiger partial charge in [-0.15, -0.1) is 10.1 Å². The van der Waals surface area contributed by atoms with Gasteiger partial charge in [-0.05, 0) is 31.9 Å². The molecule has 48 heavy (non-hydrogen) atoms. The van der Waals surface area contributed by atoms with E-state index in [1.165, 1.54) is 12.1 Å². The maximum absolute atomic E-state index is 12.4. The molecular formula is C25H39N9O13S. The molecule has 2 aromatic heterocycles. The number of aryl methyl sites for hydroxylation is 1. The van der Waals surface area contributed by atoms with Gasteiger partial charge in [-0.2, -0.15) is 23.4 Å². The number of H-pyrrole nitrogens is 1. The van der Waals surface area contributed by atoms with Crippen molar-refractivity contribution in [3.63, 3.8) is 0 Å². The van der Waals surface area contributed by atoms with Crippen LogP contribution in [-0.4, -0.2) is 61.7 Å². The maximum Gasteiger partial charge on any atom is 0.375 e. The quantitative estimate of drug-likeness (QED) is 0.0853. The summed E-state index contributed by atoms with van der Waals surface area (Å²) in [4.78, 5) is 52.4. The molecule has 0 radical (unpaired) electrons. The first-order chi connectivity index (χ1) is 21.5. The van der Waals surface area contributed by atoms with Crippen LogP contribution in [0, 0.1) is 37.3 Å². The highest BCUT2D eigenvalue weighted by molar-refractivity contribution is 7.87. The molecule has 3 aromatic rings. The lowest BCUT2D eigenvalue weighted by atomic mass is 10.2. The van der Waals surface area contributed by atoms with Crippen LogP contribution in [0.2, 0.25) is 0 Å². The lowest BCUT2D eigenvalue weighted by Gasteiger charge is -2.09. The van der Waals surface area contributed by atoms with Gasteiger partial charge in [-0.25, -0.2) is 0 Å². The number of nitrogens with zero attached hydrogens (tertiary/aromatic N) is 6. The number of unbranched alkanes of at least 4 members (excludes halogenated alkanes) is 2. The van der Waals surface area contributed by atoms with E-state index in [9.17, 15) is 33.4 Å². The van der Waals surface area contributed by atoms with E-state index in [2.05, 4.69) is 19.9 Å². The fourth-order valence-electron chi connectivity index (χ4n) is 2.91. The molecule has 0 unspecified atom stereocenters. The Balaban J connectivity index is 0. The van der Waals surface area contributed by atoms with Gasteiger partial charge in [0.05, 0.1) is 23.1 Å². The Bertz CT molecular complexity index is 1670. The van der Waals surface area contributed by atoms with Crippen molar-refractivity contribution in [2.75, 3.05) is 24.7 Å². The van der Waals surface area contributed by atoms with Crippen LogP contribution < -0.4 is 30.7 Å². The van der Waals surface area contributed by atoms with E-state index in [0.717, 1.165) is 24.8 Å². The first-order valence-corrected chi connectivity index (χ1v) is 14.4. The average Bonchev–Trinajstić information content (AvgIpc) is 2.92. The summed E-state index contributed by atoms with van der Waals surface area (Å²) in [6.07, 6.45) is 3.25. The van der Waals surface area contributed by atoms with Gasteiger partial charge in [0, 0.05) is 0 Å². The average molecular weight is 706 g/mol. The molecule has 0 saturated heterocycles. The van der Waals surface area contributed by atoms with Gasteiger partial charge < -0.3 is 30.3 Å². The topological polar surface area (TPSA) is 335 Å². The van der Waals surface area contributed by atoms with Crippen LogP contribution in [0.5, 0.6) is 17.9 Å². The summed E-state index contributed by atoms with van der Waals surface area (Å²) in [5.74, 6) is -1.79. The van der Waals surface area contributed by atoms with Gasteiger partial charge in [-0.1, -0.05) is 59.2 Å². The van der Waals surface area contributed by atoms with Gasteiger partial charge >= 0.3 is 38.9 Å². The van der Waals surface area contributed by atoms with Crippen molar-refractivity contribution in [1.29, 1.82) is 0 Å². The third-order valence-electron chi connectivity index (χ3n) is 5.09. The number of nitrogens with one attached hydrogen (secondary N) is 1. The van der Waals surface area contributed by atoms with E-state index in [1.807, 2.05) is 13.8 Å². The minimum Gasteiger partial charge on any atom is -0.465 e. The number of aromatic nitrogens is 4.